The number of aryl methyl sites for hydroxylation is 2. The molecule has 0 radical (unpaired) electrons. The molecule has 1 saturated heterocycles. The maximum atomic E-state index is 12.0. The van der Waals surface area contributed by atoms with Crippen LogP contribution in [0, 0.1) is 6.92 Å². The van der Waals surface area contributed by atoms with Gasteiger partial charge in [0.15, 0.2) is 11.5 Å². The Morgan fingerprint density at radius 2 is 1.69 bits per heavy atom. The minimum Gasteiger partial charge on any atom is -0.507 e. The summed E-state index contributed by atoms with van der Waals surface area (Å²) in [4.78, 5) is 16.7. The number of nitrogens with zero attached hydrogens (tertiary/aromatic N) is 2. The van der Waals surface area contributed by atoms with Gasteiger partial charge in [-0.1, -0.05) is 13.0 Å². The number of ether oxygens (including phenoxy) is 2. The molecule has 0 atom stereocenters. The Morgan fingerprint density at radius 1 is 0.969 bits per heavy atom. The molecule has 168 valence electrons. The van der Waals surface area contributed by atoms with Gasteiger partial charge in [-0.3, -0.25) is 9.80 Å². The van der Waals surface area contributed by atoms with Crippen molar-refractivity contribution < 1.29 is 19.0 Å². The summed E-state index contributed by atoms with van der Waals surface area (Å²) < 4.78 is 16.4. The van der Waals surface area contributed by atoms with Gasteiger partial charge < -0.3 is 19.0 Å². The smallest absolute Gasteiger partial charge is 0.336 e. The highest BCUT2D eigenvalue weighted by Gasteiger charge is 2.23. The predicted octanol–water partition coefficient (Wildman–Crippen LogP) is 3.42. The summed E-state index contributed by atoms with van der Waals surface area (Å²) in [7, 11) is 0. The number of phenolic OH excluding ortho intramolecular Hbond substituents is 1. The monoisotopic (exact) mass is 436 g/mol. The second-order valence-corrected chi connectivity index (χ2v) is 8.58. The van der Waals surface area contributed by atoms with Crippen LogP contribution >= 0.6 is 0 Å². The minimum atomic E-state index is -0.381. The molecule has 7 nitrogen and oxygen atoms in total. The van der Waals surface area contributed by atoms with Crippen LogP contribution in [0.25, 0.3) is 11.0 Å². The van der Waals surface area contributed by atoms with Gasteiger partial charge in [0.2, 0.25) is 6.79 Å². The standard InChI is InChI=1S/C25H28N2O5/c1-3-18-12-19-16(2)10-23(28)32-25(19)20(24(18)29)14-27-8-6-26(7-9-27)13-17-4-5-21-22(11-17)31-15-30-21/h4-5,10-12,29H,3,6-9,13-15H2,1-2H3. The molecule has 1 fully saturated rings. The van der Waals surface area contributed by atoms with Crippen LogP contribution < -0.4 is 15.1 Å². The zero-order valence-electron chi connectivity index (χ0n) is 18.5. The summed E-state index contributed by atoms with van der Waals surface area (Å²) >= 11 is 0. The topological polar surface area (TPSA) is 75.4 Å². The average Bonchev–Trinajstić information content (AvgIpc) is 3.25. The minimum absolute atomic E-state index is 0.247. The maximum absolute atomic E-state index is 12.0. The number of phenols is 1. The molecule has 32 heavy (non-hydrogen) atoms. The van der Waals surface area contributed by atoms with Crippen molar-refractivity contribution in [2.45, 2.75) is 33.4 Å². The van der Waals surface area contributed by atoms with E-state index in [0.29, 0.717) is 17.7 Å². The van der Waals surface area contributed by atoms with Gasteiger partial charge in [0.1, 0.15) is 11.3 Å². The van der Waals surface area contributed by atoms with Gasteiger partial charge in [-0.05, 0) is 48.2 Å². The lowest BCUT2D eigenvalue weighted by Gasteiger charge is -2.35. The van der Waals surface area contributed by atoms with Crippen LogP contribution in [-0.2, 0) is 19.5 Å². The number of hydrogen-bond acceptors (Lipinski definition) is 7. The highest BCUT2D eigenvalue weighted by molar-refractivity contribution is 5.86. The Morgan fingerprint density at radius 3 is 2.44 bits per heavy atom. The maximum Gasteiger partial charge on any atom is 0.336 e. The number of hydrogen-bond donors (Lipinski definition) is 1. The van der Waals surface area contributed by atoms with Crippen LogP contribution in [-0.4, -0.2) is 47.9 Å². The first-order valence-electron chi connectivity index (χ1n) is 11.1. The first kappa shape index (κ1) is 20.8. The molecule has 2 aromatic carbocycles. The molecule has 7 heteroatoms. The normalized spacial score (nSPS) is 16.7. The highest BCUT2D eigenvalue weighted by atomic mass is 16.7. The van der Waals surface area contributed by atoms with E-state index >= 15 is 0 Å². The van der Waals surface area contributed by atoms with Crippen LogP contribution in [0.5, 0.6) is 17.2 Å². The molecule has 1 N–H and O–H groups in total. The molecule has 0 unspecified atom stereocenters. The fraction of sp³-hybridized carbons (Fsp3) is 0.400. The first-order chi connectivity index (χ1) is 15.5. The quantitative estimate of drug-likeness (QED) is 0.614. The van der Waals surface area contributed by atoms with Gasteiger partial charge in [0.25, 0.3) is 0 Å². The van der Waals surface area contributed by atoms with Gasteiger partial charge in [-0.25, -0.2) is 4.79 Å². The van der Waals surface area contributed by atoms with Crippen molar-refractivity contribution in [1.82, 2.24) is 9.80 Å². The Labute approximate surface area is 186 Å². The van der Waals surface area contributed by atoms with Crippen LogP contribution in [0.3, 0.4) is 0 Å². The number of benzene rings is 2. The predicted molar refractivity (Wildman–Crippen MR) is 121 cm³/mol. The Balaban J connectivity index is 1.31. The van der Waals surface area contributed by atoms with Crippen molar-refractivity contribution in [1.29, 1.82) is 0 Å². The van der Waals surface area contributed by atoms with Crippen LogP contribution in [0.1, 0.15) is 29.2 Å². The van der Waals surface area contributed by atoms with Gasteiger partial charge in [-0.2, -0.15) is 0 Å². The fourth-order valence-corrected chi connectivity index (χ4v) is 4.61. The molecule has 3 heterocycles. The van der Waals surface area contributed by atoms with Crippen molar-refractivity contribution in [2.75, 3.05) is 33.0 Å². The summed E-state index contributed by atoms with van der Waals surface area (Å²) in [6.07, 6.45) is 0.719. The molecule has 0 spiro atoms. The molecule has 2 aliphatic rings. The van der Waals surface area contributed by atoms with E-state index in [2.05, 4.69) is 21.9 Å². The van der Waals surface area contributed by atoms with E-state index < -0.39 is 0 Å². The second kappa shape index (κ2) is 8.48. The molecule has 0 aliphatic carbocycles. The van der Waals surface area contributed by atoms with Gasteiger partial charge in [0.05, 0.1) is 5.56 Å². The molecular weight excluding hydrogens is 408 g/mol. The largest absolute Gasteiger partial charge is 0.507 e. The van der Waals surface area contributed by atoms with Crippen LogP contribution in [0.2, 0.25) is 0 Å². The lowest BCUT2D eigenvalue weighted by atomic mass is 9.99. The summed E-state index contributed by atoms with van der Waals surface area (Å²) in [5.41, 5.74) is 3.80. The van der Waals surface area contributed by atoms with Crippen LogP contribution in [0.4, 0.5) is 0 Å². The number of piperazine rings is 1. The van der Waals surface area contributed by atoms with E-state index in [1.165, 1.54) is 11.6 Å². The Hall–Kier alpha value is -3.03. The van der Waals surface area contributed by atoms with E-state index in [1.54, 1.807) is 0 Å². The SMILES string of the molecule is CCc1cc2c(C)cc(=O)oc2c(CN2CCN(Cc3ccc4c(c3)OCO4)CC2)c1O. The van der Waals surface area contributed by atoms with E-state index in [0.717, 1.165) is 67.2 Å². The van der Waals surface area contributed by atoms with Crippen molar-refractivity contribution >= 4 is 11.0 Å². The van der Waals surface area contributed by atoms with E-state index in [1.807, 2.05) is 26.0 Å². The first-order valence-corrected chi connectivity index (χ1v) is 11.1. The molecule has 0 bridgehead atoms. The molecule has 0 amide bonds. The summed E-state index contributed by atoms with van der Waals surface area (Å²) in [6.45, 7) is 9.22. The highest BCUT2D eigenvalue weighted by Crippen LogP contribution is 2.34. The zero-order chi connectivity index (χ0) is 22.2. The number of fused-ring (bicyclic) bond motifs is 2. The molecular formula is C25H28N2O5. The summed E-state index contributed by atoms with van der Waals surface area (Å²) in [5.74, 6) is 1.87. The van der Waals surface area contributed by atoms with E-state index in [-0.39, 0.29) is 18.2 Å². The third-order valence-electron chi connectivity index (χ3n) is 6.46. The van der Waals surface area contributed by atoms with Crippen molar-refractivity contribution in [3.05, 3.63) is 63.0 Å². The lowest BCUT2D eigenvalue weighted by molar-refractivity contribution is 0.121. The van der Waals surface area contributed by atoms with Crippen molar-refractivity contribution in [3.63, 3.8) is 0 Å². The number of rotatable bonds is 5. The molecule has 3 aromatic rings. The third-order valence-corrected chi connectivity index (χ3v) is 6.46. The summed E-state index contributed by atoms with van der Waals surface area (Å²) in [5, 5.41) is 11.8. The molecule has 0 saturated carbocycles. The van der Waals surface area contributed by atoms with Gasteiger partial charge in [0, 0.05) is 50.7 Å². The Kier molecular flexibility index (Phi) is 5.53. The average molecular weight is 437 g/mol. The lowest BCUT2D eigenvalue weighted by Crippen LogP contribution is -2.45. The molecule has 2 aliphatic heterocycles. The third kappa shape index (κ3) is 3.94. The van der Waals surface area contributed by atoms with E-state index in [9.17, 15) is 9.90 Å². The van der Waals surface area contributed by atoms with Gasteiger partial charge in [-0.15, -0.1) is 0 Å². The van der Waals surface area contributed by atoms with Crippen LogP contribution in [0.15, 0.2) is 39.5 Å². The summed E-state index contributed by atoms with van der Waals surface area (Å²) in [6, 6.07) is 9.57. The zero-order valence-corrected chi connectivity index (χ0v) is 18.5. The fourth-order valence-electron chi connectivity index (χ4n) is 4.61. The van der Waals surface area contributed by atoms with Crippen molar-refractivity contribution in [2.24, 2.45) is 0 Å². The molecule has 1 aromatic heterocycles. The second-order valence-electron chi connectivity index (χ2n) is 8.58. The Bertz CT molecular complexity index is 1210. The van der Waals surface area contributed by atoms with Gasteiger partial charge >= 0.3 is 5.63 Å². The number of aromatic hydroxyl groups is 1. The molecule has 5 rings (SSSR count). The van der Waals surface area contributed by atoms with Crippen molar-refractivity contribution in [3.8, 4) is 17.2 Å². The van der Waals surface area contributed by atoms with E-state index in [4.69, 9.17) is 13.9 Å².